The highest BCUT2D eigenvalue weighted by Gasteiger charge is 2.26. The van der Waals surface area contributed by atoms with E-state index in [2.05, 4.69) is 36.5 Å². The van der Waals surface area contributed by atoms with Crippen molar-refractivity contribution in [3.63, 3.8) is 0 Å². The second-order valence-electron chi connectivity index (χ2n) is 5.63. The topological polar surface area (TPSA) is 12.0 Å². The van der Waals surface area contributed by atoms with E-state index in [1.807, 2.05) is 18.2 Å². The molecule has 0 radical (unpaired) electrons. The molecule has 0 saturated heterocycles. The van der Waals surface area contributed by atoms with Gasteiger partial charge in [-0.25, -0.2) is 0 Å². The third-order valence-corrected chi connectivity index (χ3v) is 4.88. The zero-order valence-electron chi connectivity index (χ0n) is 12.1. The molecule has 0 aromatic heterocycles. The standard InChI is InChI=1S/C18H19Cl2N/c1-2-18(16-8-7-14(19)10-17(16)20)21-11-13-9-12-5-3-4-6-15(12)13/h3-8,10,13,18,21H,2,9,11H2,1H3. The summed E-state index contributed by atoms with van der Waals surface area (Å²) >= 11 is 12.3. The van der Waals surface area contributed by atoms with E-state index in [0.717, 1.165) is 23.6 Å². The molecule has 1 aliphatic carbocycles. The van der Waals surface area contributed by atoms with Gasteiger partial charge >= 0.3 is 0 Å². The van der Waals surface area contributed by atoms with Gasteiger partial charge in [-0.1, -0.05) is 60.5 Å². The quantitative estimate of drug-likeness (QED) is 0.780. The first-order valence-corrected chi connectivity index (χ1v) is 8.20. The Morgan fingerprint density at radius 3 is 2.71 bits per heavy atom. The highest BCUT2D eigenvalue weighted by Crippen LogP contribution is 2.35. The van der Waals surface area contributed by atoms with Crippen molar-refractivity contribution in [2.75, 3.05) is 6.54 Å². The molecule has 0 bridgehead atoms. The predicted octanol–water partition coefficient (Wildman–Crippen LogP) is 5.37. The minimum absolute atomic E-state index is 0.280. The Morgan fingerprint density at radius 2 is 2.00 bits per heavy atom. The fourth-order valence-electron chi connectivity index (χ4n) is 3.09. The van der Waals surface area contributed by atoms with Crippen molar-refractivity contribution >= 4 is 23.2 Å². The van der Waals surface area contributed by atoms with E-state index in [9.17, 15) is 0 Å². The van der Waals surface area contributed by atoms with Crippen molar-refractivity contribution in [3.05, 3.63) is 69.2 Å². The predicted molar refractivity (Wildman–Crippen MR) is 90.4 cm³/mol. The van der Waals surface area contributed by atoms with Crippen LogP contribution in [0.2, 0.25) is 10.0 Å². The summed E-state index contributed by atoms with van der Waals surface area (Å²) in [6, 6.07) is 14.7. The molecule has 1 aliphatic rings. The van der Waals surface area contributed by atoms with Crippen LogP contribution >= 0.6 is 23.2 Å². The molecule has 3 rings (SSSR count). The first kappa shape index (κ1) is 14.9. The number of rotatable bonds is 5. The molecule has 2 atom stereocenters. The van der Waals surface area contributed by atoms with Gasteiger partial charge in [0.15, 0.2) is 0 Å². The first-order valence-electron chi connectivity index (χ1n) is 7.45. The number of benzene rings is 2. The zero-order valence-corrected chi connectivity index (χ0v) is 13.6. The lowest BCUT2D eigenvalue weighted by atomic mass is 9.77. The lowest BCUT2D eigenvalue weighted by Gasteiger charge is -2.32. The van der Waals surface area contributed by atoms with Gasteiger partial charge in [0.25, 0.3) is 0 Å². The molecule has 0 aliphatic heterocycles. The Bertz CT molecular complexity index is 639. The van der Waals surface area contributed by atoms with E-state index in [-0.39, 0.29) is 6.04 Å². The molecule has 110 valence electrons. The third-order valence-electron chi connectivity index (χ3n) is 4.32. The molecule has 1 nitrogen and oxygen atoms in total. The van der Waals surface area contributed by atoms with Crippen LogP contribution in [0.5, 0.6) is 0 Å². The maximum absolute atomic E-state index is 6.32. The smallest absolute Gasteiger partial charge is 0.0468 e. The fourth-order valence-corrected chi connectivity index (χ4v) is 3.63. The summed E-state index contributed by atoms with van der Waals surface area (Å²) in [6.45, 7) is 3.17. The molecule has 0 amide bonds. The lowest BCUT2D eigenvalue weighted by Crippen LogP contribution is -2.31. The van der Waals surface area contributed by atoms with Crippen molar-refractivity contribution < 1.29 is 0 Å². The van der Waals surface area contributed by atoms with Crippen LogP contribution in [0.1, 0.15) is 42.0 Å². The van der Waals surface area contributed by atoms with E-state index in [0.29, 0.717) is 10.9 Å². The van der Waals surface area contributed by atoms with Gasteiger partial charge in [-0.3, -0.25) is 0 Å². The molecular formula is C18H19Cl2N. The summed E-state index contributed by atoms with van der Waals surface area (Å²) in [5, 5.41) is 5.09. The highest BCUT2D eigenvalue weighted by atomic mass is 35.5. The van der Waals surface area contributed by atoms with E-state index in [1.165, 1.54) is 17.5 Å². The van der Waals surface area contributed by atoms with Gasteiger partial charge in [0, 0.05) is 28.5 Å². The zero-order chi connectivity index (χ0) is 14.8. The molecule has 3 heteroatoms. The summed E-state index contributed by atoms with van der Waals surface area (Å²) in [5.41, 5.74) is 4.11. The highest BCUT2D eigenvalue weighted by molar-refractivity contribution is 6.35. The first-order chi connectivity index (χ1) is 10.2. The summed E-state index contributed by atoms with van der Waals surface area (Å²) in [6.07, 6.45) is 2.18. The molecule has 1 N–H and O–H groups in total. The summed E-state index contributed by atoms with van der Waals surface area (Å²) in [5.74, 6) is 0.626. The number of fused-ring (bicyclic) bond motifs is 1. The van der Waals surface area contributed by atoms with Crippen molar-refractivity contribution in [1.82, 2.24) is 5.32 Å². The Labute approximate surface area is 136 Å². The summed E-state index contributed by atoms with van der Waals surface area (Å²) in [7, 11) is 0. The van der Waals surface area contributed by atoms with Gasteiger partial charge in [-0.05, 0) is 41.7 Å². The van der Waals surface area contributed by atoms with Gasteiger partial charge < -0.3 is 5.32 Å². The molecule has 0 spiro atoms. The lowest BCUT2D eigenvalue weighted by molar-refractivity contribution is 0.461. The maximum atomic E-state index is 6.32. The van der Waals surface area contributed by atoms with E-state index < -0.39 is 0 Å². The van der Waals surface area contributed by atoms with Gasteiger partial charge in [0.1, 0.15) is 0 Å². The number of nitrogens with one attached hydrogen (secondary N) is 1. The van der Waals surface area contributed by atoms with Crippen molar-refractivity contribution in [3.8, 4) is 0 Å². The van der Waals surface area contributed by atoms with E-state index in [4.69, 9.17) is 23.2 Å². The van der Waals surface area contributed by atoms with Crippen LogP contribution in [0.4, 0.5) is 0 Å². The number of hydrogen-bond acceptors (Lipinski definition) is 1. The van der Waals surface area contributed by atoms with Crippen molar-refractivity contribution in [1.29, 1.82) is 0 Å². The van der Waals surface area contributed by atoms with Gasteiger partial charge in [-0.15, -0.1) is 0 Å². The van der Waals surface area contributed by atoms with E-state index in [1.54, 1.807) is 0 Å². The Hall–Kier alpha value is -1.02. The monoisotopic (exact) mass is 319 g/mol. The third kappa shape index (κ3) is 3.11. The largest absolute Gasteiger partial charge is 0.309 e. The number of halogens is 2. The average Bonchev–Trinajstić information content (AvgIpc) is 2.45. The van der Waals surface area contributed by atoms with Crippen LogP contribution in [0.15, 0.2) is 42.5 Å². The average molecular weight is 320 g/mol. The Morgan fingerprint density at radius 1 is 1.19 bits per heavy atom. The van der Waals surface area contributed by atoms with Crippen LogP contribution in [0.25, 0.3) is 0 Å². The Balaban J connectivity index is 1.66. The molecule has 2 aromatic rings. The van der Waals surface area contributed by atoms with Crippen molar-refractivity contribution in [2.24, 2.45) is 0 Å². The van der Waals surface area contributed by atoms with Crippen LogP contribution in [0.3, 0.4) is 0 Å². The second-order valence-corrected chi connectivity index (χ2v) is 6.48. The molecule has 21 heavy (non-hydrogen) atoms. The summed E-state index contributed by atoms with van der Waals surface area (Å²) in [4.78, 5) is 0. The molecule has 0 fully saturated rings. The van der Waals surface area contributed by atoms with Crippen LogP contribution < -0.4 is 5.32 Å². The number of hydrogen-bond donors (Lipinski definition) is 1. The van der Waals surface area contributed by atoms with E-state index >= 15 is 0 Å². The summed E-state index contributed by atoms with van der Waals surface area (Å²) < 4.78 is 0. The van der Waals surface area contributed by atoms with Gasteiger partial charge in [0.2, 0.25) is 0 Å². The minimum Gasteiger partial charge on any atom is -0.309 e. The SMILES string of the molecule is CCC(NCC1Cc2ccccc21)c1ccc(Cl)cc1Cl. The normalized spacial score (nSPS) is 18.0. The van der Waals surface area contributed by atoms with Crippen molar-refractivity contribution in [2.45, 2.75) is 31.7 Å². The second kappa shape index (κ2) is 6.39. The molecular weight excluding hydrogens is 301 g/mol. The van der Waals surface area contributed by atoms with Crippen LogP contribution in [-0.2, 0) is 6.42 Å². The van der Waals surface area contributed by atoms with Gasteiger partial charge in [0.05, 0.1) is 0 Å². The minimum atomic E-state index is 0.280. The Kier molecular flexibility index (Phi) is 4.54. The molecule has 2 aromatic carbocycles. The molecule has 2 unspecified atom stereocenters. The fraction of sp³-hybridized carbons (Fsp3) is 0.333. The molecule has 0 heterocycles. The van der Waals surface area contributed by atoms with Gasteiger partial charge in [-0.2, -0.15) is 0 Å². The molecule has 0 saturated carbocycles. The van der Waals surface area contributed by atoms with Crippen LogP contribution in [0, 0.1) is 0 Å². The maximum Gasteiger partial charge on any atom is 0.0468 e. The van der Waals surface area contributed by atoms with Crippen LogP contribution in [-0.4, -0.2) is 6.54 Å².